The van der Waals surface area contributed by atoms with Gasteiger partial charge >= 0.3 is 0 Å². The molecule has 1 aromatic carbocycles. The second-order valence-corrected chi connectivity index (χ2v) is 2.43. The van der Waals surface area contributed by atoms with Gasteiger partial charge in [-0.25, -0.2) is 0 Å². The average Bonchev–Trinajstić information content (AvgIpc) is 2.09. The number of rotatable bonds is 3. The highest BCUT2D eigenvalue weighted by atomic mass is 16.3. The van der Waals surface area contributed by atoms with Gasteiger partial charge in [0, 0.05) is 0 Å². The van der Waals surface area contributed by atoms with E-state index < -0.39 is 0 Å². The highest BCUT2D eigenvalue weighted by Crippen LogP contribution is 2.09. The Morgan fingerprint density at radius 1 is 1.36 bits per heavy atom. The molecule has 0 spiro atoms. The summed E-state index contributed by atoms with van der Waals surface area (Å²) >= 11 is 0. The number of aliphatic hydroxyl groups is 1. The SMILES string of the molecule is CN[C@H](CO)c1ccccc1. The van der Waals surface area contributed by atoms with Gasteiger partial charge in [0.15, 0.2) is 0 Å². The topological polar surface area (TPSA) is 32.3 Å². The summed E-state index contributed by atoms with van der Waals surface area (Å²) in [5, 5.41) is 11.9. The molecule has 0 bridgehead atoms. The van der Waals surface area contributed by atoms with E-state index in [0.29, 0.717) is 0 Å². The van der Waals surface area contributed by atoms with Crippen molar-refractivity contribution in [1.82, 2.24) is 5.32 Å². The second-order valence-electron chi connectivity index (χ2n) is 2.43. The van der Waals surface area contributed by atoms with Crippen molar-refractivity contribution in [2.75, 3.05) is 13.7 Å². The van der Waals surface area contributed by atoms with Gasteiger partial charge in [0.1, 0.15) is 0 Å². The minimum absolute atomic E-state index is 0.0659. The lowest BCUT2D eigenvalue weighted by atomic mass is 10.1. The quantitative estimate of drug-likeness (QED) is 0.673. The third kappa shape index (κ3) is 2.03. The molecule has 0 saturated heterocycles. The van der Waals surface area contributed by atoms with Gasteiger partial charge in [0.05, 0.1) is 12.6 Å². The maximum Gasteiger partial charge on any atom is 0.0626 e. The van der Waals surface area contributed by atoms with Crippen LogP contribution in [0.5, 0.6) is 0 Å². The Morgan fingerprint density at radius 3 is 2.45 bits per heavy atom. The van der Waals surface area contributed by atoms with Crippen LogP contribution in [-0.2, 0) is 0 Å². The van der Waals surface area contributed by atoms with Crippen LogP contribution in [0.4, 0.5) is 0 Å². The average molecular weight is 151 g/mol. The molecule has 0 heterocycles. The van der Waals surface area contributed by atoms with Crippen LogP contribution in [0.15, 0.2) is 30.3 Å². The van der Waals surface area contributed by atoms with Crippen molar-refractivity contribution in [3.8, 4) is 0 Å². The summed E-state index contributed by atoms with van der Waals surface area (Å²) in [6, 6.07) is 9.96. The van der Waals surface area contributed by atoms with E-state index in [4.69, 9.17) is 5.11 Å². The van der Waals surface area contributed by atoms with Crippen molar-refractivity contribution in [3.05, 3.63) is 35.9 Å². The fourth-order valence-electron chi connectivity index (χ4n) is 1.05. The minimum atomic E-state index is 0.0659. The summed E-state index contributed by atoms with van der Waals surface area (Å²) in [5.41, 5.74) is 1.12. The highest BCUT2D eigenvalue weighted by Gasteiger charge is 2.04. The molecule has 0 unspecified atom stereocenters. The summed E-state index contributed by atoms with van der Waals surface area (Å²) in [6.45, 7) is 0.139. The van der Waals surface area contributed by atoms with Crippen molar-refractivity contribution in [1.29, 1.82) is 0 Å². The number of likely N-dealkylation sites (N-methyl/N-ethyl adjacent to an activating group) is 1. The minimum Gasteiger partial charge on any atom is -0.394 e. The molecule has 0 fully saturated rings. The Morgan fingerprint density at radius 2 is 2.00 bits per heavy atom. The van der Waals surface area contributed by atoms with Gasteiger partial charge in [-0.1, -0.05) is 30.3 Å². The smallest absolute Gasteiger partial charge is 0.0626 e. The third-order valence-corrected chi connectivity index (χ3v) is 1.73. The first kappa shape index (κ1) is 8.24. The monoisotopic (exact) mass is 151 g/mol. The Kier molecular flexibility index (Phi) is 3.08. The predicted octanol–water partition coefficient (Wildman–Crippen LogP) is 0.939. The van der Waals surface area contributed by atoms with Crippen LogP contribution < -0.4 is 5.32 Å². The van der Waals surface area contributed by atoms with Gasteiger partial charge in [0.25, 0.3) is 0 Å². The van der Waals surface area contributed by atoms with Crippen molar-refractivity contribution in [2.24, 2.45) is 0 Å². The highest BCUT2D eigenvalue weighted by molar-refractivity contribution is 5.18. The molecule has 1 rings (SSSR count). The maximum atomic E-state index is 8.92. The zero-order chi connectivity index (χ0) is 8.10. The Bertz CT molecular complexity index is 194. The summed E-state index contributed by atoms with van der Waals surface area (Å²) in [6.07, 6.45) is 0. The number of aliphatic hydroxyl groups excluding tert-OH is 1. The maximum absolute atomic E-state index is 8.92. The van der Waals surface area contributed by atoms with Crippen LogP contribution in [0.25, 0.3) is 0 Å². The molecule has 0 aliphatic carbocycles. The molecule has 2 N–H and O–H groups in total. The third-order valence-electron chi connectivity index (χ3n) is 1.73. The largest absolute Gasteiger partial charge is 0.394 e. The first-order chi connectivity index (χ1) is 5.38. The van der Waals surface area contributed by atoms with Crippen LogP contribution in [0, 0.1) is 0 Å². The number of nitrogens with one attached hydrogen (secondary N) is 1. The molecule has 2 nitrogen and oxygen atoms in total. The predicted molar refractivity (Wildman–Crippen MR) is 45.3 cm³/mol. The lowest BCUT2D eigenvalue weighted by Gasteiger charge is -2.12. The van der Waals surface area contributed by atoms with Crippen molar-refractivity contribution in [2.45, 2.75) is 6.04 Å². The molecule has 2 heteroatoms. The first-order valence-electron chi connectivity index (χ1n) is 3.71. The van der Waals surface area contributed by atoms with E-state index in [1.54, 1.807) is 0 Å². The van der Waals surface area contributed by atoms with Crippen LogP contribution in [-0.4, -0.2) is 18.8 Å². The van der Waals surface area contributed by atoms with E-state index in [-0.39, 0.29) is 12.6 Å². The summed E-state index contributed by atoms with van der Waals surface area (Å²) < 4.78 is 0. The van der Waals surface area contributed by atoms with Crippen LogP contribution in [0.2, 0.25) is 0 Å². The van der Waals surface area contributed by atoms with Gasteiger partial charge in [-0.15, -0.1) is 0 Å². The standard InChI is InChI=1S/C9H13NO/c1-10-9(7-11)8-5-3-2-4-6-8/h2-6,9-11H,7H2,1H3/t9-/m1/s1. The lowest BCUT2D eigenvalue weighted by Crippen LogP contribution is -2.19. The van der Waals surface area contributed by atoms with Gasteiger partial charge in [-0.2, -0.15) is 0 Å². The van der Waals surface area contributed by atoms with Gasteiger partial charge < -0.3 is 10.4 Å². The summed E-state index contributed by atoms with van der Waals surface area (Å²) in [5.74, 6) is 0. The van der Waals surface area contributed by atoms with E-state index >= 15 is 0 Å². The molecule has 0 aliphatic rings. The van der Waals surface area contributed by atoms with E-state index in [1.807, 2.05) is 37.4 Å². The molecule has 0 radical (unpaired) electrons. The normalized spacial score (nSPS) is 12.9. The fraction of sp³-hybridized carbons (Fsp3) is 0.333. The van der Waals surface area contributed by atoms with Crippen molar-refractivity contribution < 1.29 is 5.11 Å². The van der Waals surface area contributed by atoms with Crippen LogP contribution >= 0.6 is 0 Å². The zero-order valence-corrected chi connectivity index (χ0v) is 6.62. The molecular weight excluding hydrogens is 138 g/mol. The Hall–Kier alpha value is -0.860. The van der Waals surface area contributed by atoms with E-state index in [2.05, 4.69) is 5.32 Å². The summed E-state index contributed by atoms with van der Waals surface area (Å²) in [4.78, 5) is 0. The van der Waals surface area contributed by atoms with Crippen molar-refractivity contribution in [3.63, 3.8) is 0 Å². The second kappa shape index (κ2) is 4.11. The van der Waals surface area contributed by atoms with Gasteiger partial charge in [0.2, 0.25) is 0 Å². The van der Waals surface area contributed by atoms with Gasteiger partial charge in [-0.3, -0.25) is 0 Å². The molecule has 0 aromatic heterocycles. The molecule has 0 amide bonds. The fourth-order valence-corrected chi connectivity index (χ4v) is 1.05. The molecule has 0 aliphatic heterocycles. The number of benzene rings is 1. The van der Waals surface area contributed by atoms with Crippen LogP contribution in [0.3, 0.4) is 0 Å². The number of hydrogen-bond donors (Lipinski definition) is 2. The lowest BCUT2D eigenvalue weighted by molar-refractivity contribution is 0.251. The van der Waals surface area contributed by atoms with E-state index in [1.165, 1.54) is 0 Å². The Labute approximate surface area is 66.9 Å². The molecule has 11 heavy (non-hydrogen) atoms. The Balaban J connectivity index is 2.74. The molecule has 60 valence electrons. The van der Waals surface area contributed by atoms with Crippen molar-refractivity contribution >= 4 is 0 Å². The molecular formula is C9H13NO. The first-order valence-corrected chi connectivity index (χ1v) is 3.71. The van der Waals surface area contributed by atoms with Gasteiger partial charge in [-0.05, 0) is 12.6 Å². The zero-order valence-electron chi connectivity index (χ0n) is 6.62. The van der Waals surface area contributed by atoms with Crippen LogP contribution in [0.1, 0.15) is 11.6 Å². The summed E-state index contributed by atoms with van der Waals surface area (Å²) in [7, 11) is 1.84. The van der Waals surface area contributed by atoms with E-state index in [9.17, 15) is 0 Å². The number of hydrogen-bond acceptors (Lipinski definition) is 2. The molecule has 1 aromatic rings. The molecule has 0 saturated carbocycles. The van der Waals surface area contributed by atoms with E-state index in [0.717, 1.165) is 5.56 Å². The molecule has 1 atom stereocenters.